The Hall–Kier alpha value is -3.36. The van der Waals surface area contributed by atoms with Crippen LogP contribution in [0.3, 0.4) is 0 Å². The van der Waals surface area contributed by atoms with E-state index in [0.717, 1.165) is 25.1 Å². The molecule has 5 rings (SSSR count). The van der Waals surface area contributed by atoms with Gasteiger partial charge in [-0.1, -0.05) is 13.5 Å². The van der Waals surface area contributed by atoms with Gasteiger partial charge in [0, 0.05) is 48.6 Å². The van der Waals surface area contributed by atoms with Crippen molar-refractivity contribution in [3.05, 3.63) is 72.6 Å². The van der Waals surface area contributed by atoms with Crippen molar-refractivity contribution in [2.45, 2.75) is 45.0 Å². The largest absolute Gasteiger partial charge is 0.490 e. The second-order valence-corrected chi connectivity index (χ2v) is 9.85. The van der Waals surface area contributed by atoms with E-state index in [9.17, 15) is 22.4 Å². The number of hydrogen-bond acceptors (Lipinski definition) is 3. The fraction of sp³-hybridized carbons (Fsp3) is 0.407. The van der Waals surface area contributed by atoms with E-state index in [1.54, 1.807) is 18.3 Å². The van der Waals surface area contributed by atoms with E-state index < -0.39 is 11.7 Å². The number of allylic oxidation sites excluding steroid dienone is 1. The van der Waals surface area contributed by atoms with Crippen LogP contribution < -0.4 is 10.1 Å². The van der Waals surface area contributed by atoms with Crippen molar-refractivity contribution in [2.24, 2.45) is 23.7 Å². The number of aryl methyl sites for hydroxylation is 1. The number of nitrogens with zero attached hydrogens (tertiary/aromatic N) is 2. The zero-order valence-electron chi connectivity index (χ0n) is 19.8. The minimum Gasteiger partial charge on any atom is -0.490 e. The number of aromatic nitrogens is 2. The van der Waals surface area contributed by atoms with Gasteiger partial charge in [-0.05, 0) is 60.9 Å². The van der Waals surface area contributed by atoms with Crippen molar-refractivity contribution in [3.63, 3.8) is 0 Å². The summed E-state index contributed by atoms with van der Waals surface area (Å²) in [4.78, 5) is 17.0. The summed E-state index contributed by atoms with van der Waals surface area (Å²) in [5, 5.41) is 3.48. The second-order valence-electron chi connectivity index (χ2n) is 9.85. The van der Waals surface area contributed by atoms with Crippen molar-refractivity contribution >= 4 is 16.8 Å². The van der Waals surface area contributed by atoms with Gasteiger partial charge in [-0.2, -0.15) is 13.2 Å². The Labute approximate surface area is 206 Å². The molecule has 0 spiro atoms. The number of alkyl halides is 3. The molecule has 0 aliphatic heterocycles. The zero-order valence-corrected chi connectivity index (χ0v) is 19.8. The van der Waals surface area contributed by atoms with Gasteiger partial charge in [-0.25, -0.2) is 4.39 Å². The molecule has 9 heteroatoms. The summed E-state index contributed by atoms with van der Waals surface area (Å²) in [6, 6.07) is 7.22. The molecule has 2 saturated carbocycles. The molecule has 3 aromatic rings. The third-order valence-electron chi connectivity index (χ3n) is 7.47. The minimum atomic E-state index is -4.37. The summed E-state index contributed by atoms with van der Waals surface area (Å²) < 4.78 is 59.6. The normalized spacial score (nSPS) is 23.8. The summed E-state index contributed by atoms with van der Waals surface area (Å²) in [5.74, 6) is 1.03. The first kappa shape index (κ1) is 24.3. The van der Waals surface area contributed by atoms with Crippen LogP contribution in [0.25, 0.3) is 10.9 Å². The van der Waals surface area contributed by atoms with Crippen LogP contribution in [-0.4, -0.2) is 21.6 Å². The molecule has 1 N–H and O–H groups in total. The molecule has 1 aromatic carbocycles. The maximum absolute atomic E-state index is 13.7. The molecule has 1 unspecified atom stereocenters. The Morgan fingerprint density at radius 3 is 2.69 bits per heavy atom. The highest BCUT2D eigenvalue weighted by molar-refractivity contribution is 5.84. The molecule has 2 aliphatic carbocycles. The smallest absolute Gasteiger partial charge is 0.417 e. The van der Waals surface area contributed by atoms with E-state index in [0.29, 0.717) is 47.2 Å². The van der Waals surface area contributed by atoms with E-state index in [-0.39, 0.29) is 29.7 Å². The highest BCUT2D eigenvalue weighted by Crippen LogP contribution is 2.61. The van der Waals surface area contributed by atoms with Gasteiger partial charge < -0.3 is 14.6 Å². The minimum absolute atomic E-state index is 0.0125. The predicted octanol–water partition coefficient (Wildman–Crippen LogP) is 5.95. The number of carbonyl (C=O) groups excluding carboxylic acids is 1. The standard InChI is InChI=1S/C27H27F4N3O2/c1-15(6-9-34-10-7-17(14-34)27(29,30)31)33-26(35)16(2)25-20-12-19(13-21(20)25)36-24-5-8-32-23-4-3-18(28)11-22(23)24/h3-5,7-8,10-11,14,16,19-21,25H,1,6,9,12-13H2,2H3,(H,33,35)/t16?,19-,20-,21+,25+. The van der Waals surface area contributed by atoms with Crippen LogP contribution in [0.5, 0.6) is 5.75 Å². The van der Waals surface area contributed by atoms with E-state index >= 15 is 0 Å². The fourth-order valence-electron chi connectivity index (χ4n) is 5.59. The summed E-state index contributed by atoms with van der Waals surface area (Å²) in [7, 11) is 0. The molecule has 2 heterocycles. The number of rotatable bonds is 8. The zero-order chi connectivity index (χ0) is 25.6. The molecule has 0 bridgehead atoms. The first-order valence-electron chi connectivity index (χ1n) is 12.0. The molecular weight excluding hydrogens is 474 g/mol. The molecular formula is C27H27F4N3O2. The maximum atomic E-state index is 13.7. The van der Waals surface area contributed by atoms with Gasteiger partial charge in [0.05, 0.1) is 17.2 Å². The number of benzene rings is 1. The van der Waals surface area contributed by atoms with Crippen LogP contribution >= 0.6 is 0 Å². The summed E-state index contributed by atoms with van der Waals surface area (Å²) in [6.07, 6.45) is 1.73. The van der Waals surface area contributed by atoms with Crippen LogP contribution in [0.2, 0.25) is 0 Å². The SMILES string of the molecule is C=C(CCn1ccc(C(F)(F)F)c1)NC(=O)C(C)[C@H]1[C@@H]2C[C@@H](Oc3ccnc4ccc(F)cc34)C[C@@H]21. The van der Waals surface area contributed by atoms with Gasteiger partial charge >= 0.3 is 6.18 Å². The third kappa shape index (κ3) is 4.96. The van der Waals surface area contributed by atoms with E-state index in [1.807, 2.05) is 6.92 Å². The Morgan fingerprint density at radius 2 is 2.00 bits per heavy atom. The second kappa shape index (κ2) is 9.26. The third-order valence-corrected chi connectivity index (χ3v) is 7.47. The topological polar surface area (TPSA) is 56.2 Å². The van der Waals surface area contributed by atoms with Crippen LogP contribution in [-0.2, 0) is 17.5 Å². The number of halogens is 4. The van der Waals surface area contributed by atoms with Crippen molar-refractivity contribution < 1.29 is 27.1 Å². The molecule has 5 nitrogen and oxygen atoms in total. The average Bonchev–Trinajstić information content (AvgIpc) is 3.16. The molecule has 1 amide bonds. The molecule has 2 aliphatic rings. The van der Waals surface area contributed by atoms with Crippen LogP contribution in [0, 0.1) is 29.5 Å². The molecule has 0 radical (unpaired) electrons. The lowest BCUT2D eigenvalue weighted by Crippen LogP contribution is -2.31. The summed E-state index contributed by atoms with van der Waals surface area (Å²) in [6.45, 7) is 6.07. The monoisotopic (exact) mass is 501 g/mol. The maximum Gasteiger partial charge on any atom is 0.417 e. The molecule has 2 aromatic heterocycles. The first-order chi connectivity index (χ1) is 17.1. The summed E-state index contributed by atoms with van der Waals surface area (Å²) in [5.41, 5.74) is 0.466. The average molecular weight is 502 g/mol. The lowest BCUT2D eigenvalue weighted by Gasteiger charge is -2.20. The number of pyridine rings is 1. The number of hydrogen-bond donors (Lipinski definition) is 1. The number of carbonyl (C=O) groups is 1. The lowest BCUT2D eigenvalue weighted by molar-refractivity contribution is -0.137. The Kier molecular flexibility index (Phi) is 6.26. The van der Waals surface area contributed by atoms with E-state index in [2.05, 4.69) is 16.9 Å². The van der Waals surface area contributed by atoms with Crippen LogP contribution in [0.1, 0.15) is 31.7 Å². The van der Waals surface area contributed by atoms with E-state index in [4.69, 9.17) is 4.74 Å². The van der Waals surface area contributed by atoms with Gasteiger partial charge in [-0.3, -0.25) is 9.78 Å². The van der Waals surface area contributed by atoms with Crippen molar-refractivity contribution in [1.29, 1.82) is 0 Å². The first-order valence-corrected chi connectivity index (χ1v) is 12.0. The van der Waals surface area contributed by atoms with Gasteiger partial charge in [0.15, 0.2) is 0 Å². The highest BCUT2D eigenvalue weighted by Gasteiger charge is 2.59. The van der Waals surface area contributed by atoms with Crippen molar-refractivity contribution in [1.82, 2.24) is 14.9 Å². The van der Waals surface area contributed by atoms with Gasteiger partial charge in [0.25, 0.3) is 0 Å². The van der Waals surface area contributed by atoms with Gasteiger partial charge in [0.1, 0.15) is 11.6 Å². The Morgan fingerprint density at radius 1 is 1.25 bits per heavy atom. The van der Waals surface area contributed by atoms with Gasteiger partial charge in [-0.15, -0.1) is 0 Å². The molecule has 190 valence electrons. The van der Waals surface area contributed by atoms with Crippen LogP contribution in [0.15, 0.2) is 61.2 Å². The number of fused-ring (bicyclic) bond motifs is 2. The Bertz CT molecular complexity index is 1290. The summed E-state index contributed by atoms with van der Waals surface area (Å²) >= 11 is 0. The molecule has 36 heavy (non-hydrogen) atoms. The van der Waals surface area contributed by atoms with Crippen molar-refractivity contribution in [3.8, 4) is 5.75 Å². The highest BCUT2D eigenvalue weighted by atomic mass is 19.4. The number of ether oxygens (including phenoxy) is 1. The Balaban J connectivity index is 1.09. The molecule has 0 saturated heterocycles. The molecule has 5 atom stereocenters. The fourth-order valence-corrected chi connectivity index (χ4v) is 5.59. The quantitative estimate of drug-likeness (QED) is 0.388. The van der Waals surface area contributed by atoms with Crippen LogP contribution in [0.4, 0.5) is 17.6 Å². The lowest BCUT2D eigenvalue weighted by atomic mass is 9.97. The molecule has 2 fully saturated rings. The van der Waals surface area contributed by atoms with E-state index in [1.165, 1.54) is 22.9 Å². The number of nitrogens with one attached hydrogen (secondary N) is 1. The van der Waals surface area contributed by atoms with Crippen molar-refractivity contribution in [2.75, 3.05) is 0 Å². The predicted molar refractivity (Wildman–Crippen MR) is 126 cm³/mol. The van der Waals surface area contributed by atoms with Gasteiger partial charge in [0.2, 0.25) is 5.91 Å². The number of amides is 1.